The summed E-state index contributed by atoms with van der Waals surface area (Å²) < 4.78 is 0. The van der Waals surface area contributed by atoms with Gasteiger partial charge in [-0.3, -0.25) is 4.79 Å². The van der Waals surface area contributed by atoms with E-state index in [9.17, 15) is 15.0 Å². The van der Waals surface area contributed by atoms with Crippen LogP contribution in [-0.2, 0) is 6.42 Å². The number of carbonyl (C=O) groups is 1. The topological polar surface area (TPSA) is 77.8 Å². The summed E-state index contributed by atoms with van der Waals surface area (Å²) in [6.07, 6.45) is 6.29. The number of rotatable bonds is 7. The summed E-state index contributed by atoms with van der Waals surface area (Å²) in [6.45, 7) is 5.45. The summed E-state index contributed by atoms with van der Waals surface area (Å²) in [4.78, 5) is 11.1. The number of aliphatic hydroxyl groups is 1. The first-order chi connectivity index (χ1) is 10.8. The second-order valence-corrected chi connectivity index (χ2v) is 6.03. The average Bonchev–Trinajstić information content (AvgIpc) is 2.53. The number of aromatic hydroxyl groups is 2. The molecule has 0 aromatic heterocycles. The fraction of sp³-hybridized carbons (Fsp3) is 0.389. The predicted molar refractivity (Wildman–Crippen MR) is 92.4 cm³/mol. The predicted octanol–water partition coefficient (Wildman–Crippen LogP) is 4.08. The minimum Gasteiger partial charge on any atom is -0.507 e. The number of phenols is 2. The Balaban J connectivity index is 2.95. The van der Waals surface area contributed by atoms with Crippen LogP contribution in [0.5, 0.6) is 11.5 Å². The monoisotopic (exact) mass is 338 g/mol. The smallest absolute Gasteiger partial charge is 0.154 e. The zero-order chi connectivity index (χ0) is 17.6. The van der Waals surface area contributed by atoms with Crippen LogP contribution >= 0.6 is 11.6 Å². The third-order valence-electron chi connectivity index (χ3n) is 3.82. The number of benzene rings is 1. The summed E-state index contributed by atoms with van der Waals surface area (Å²) in [5, 5.41) is 29.3. The molecule has 1 aromatic rings. The van der Waals surface area contributed by atoms with E-state index in [1.54, 1.807) is 6.92 Å². The van der Waals surface area contributed by atoms with Crippen molar-refractivity contribution in [2.75, 3.05) is 6.61 Å². The summed E-state index contributed by atoms with van der Waals surface area (Å²) in [7, 11) is 0. The van der Waals surface area contributed by atoms with Gasteiger partial charge in [0.1, 0.15) is 11.5 Å². The lowest BCUT2D eigenvalue weighted by atomic mass is 9.99. The molecule has 0 amide bonds. The molecule has 5 heteroatoms. The normalized spacial score (nSPS) is 12.6. The molecule has 23 heavy (non-hydrogen) atoms. The molecule has 1 rings (SSSR count). The van der Waals surface area contributed by atoms with Crippen molar-refractivity contribution in [3.05, 3.63) is 45.0 Å². The molecule has 126 valence electrons. The van der Waals surface area contributed by atoms with Crippen LogP contribution in [0, 0.1) is 6.92 Å². The maximum atomic E-state index is 11.1. The lowest BCUT2D eigenvalue weighted by molar-refractivity contribution is 0.112. The summed E-state index contributed by atoms with van der Waals surface area (Å²) >= 11 is 6.02. The van der Waals surface area contributed by atoms with Crippen molar-refractivity contribution < 1.29 is 20.1 Å². The molecule has 0 aliphatic rings. The first-order valence-corrected chi connectivity index (χ1v) is 7.81. The number of hydrogen-bond acceptors (Lipinski definition) is 4. The summed E-state index contributed by atoms with van der Waals surface area (Å²) in [5.74, 6) is -0.410. The van der Waals surface area contributed by atoms with Crippen molar-refractivity contribution in [2.24, 2.45) is 0 Å². The lowest BCUT2D eigenvalue weighted by Crippen LogP contribution is -1.96. The van der Waals surface area contributed by atoms with Gasteiger partial charge in [-0.05, 0) is 45.6 Å². The molecule has 0 saturated heterocycles. The first-order valence-electron chi connectivity index (χ1n) is 7.43. The number of aliphatic hydroxyl groups excluding tert-OH is 1. The van der Waals surface area contributed by atoms with Crippen LogP contribution in [0.4, 0.5) is 0 Å². The molecule has 3 N–H and O–H groups in total. The number of halogens is 1. The maximum Gasteiger partial charge on any atom is 0.154 e. The molecule has 0 spiro atoms. The zero-order valence-electron chi connectivity index (χ0n) is 13.7. The number of allylic oxidation sites excluding steroid dienone is 3. The van der Waals surface area contributed by atoms with E-state index in [-0.39, 0.29) is 40.7 Å². The largest absolute Gasteiger partial charge is 0.507 e. The molecular formula is C18H23ClO4. The van der Waals surface area contributed by atoms with Crippen molar-refractivity contribution in [1.82, 2.24) is 0 Å². The van der Waals surface area contributed by atoms with Gasteiger partial charge in [-0.25, -0.2) is 0 Å². The minimum absolute atomic E-state index is 0.0564. The van der Waals surface area contributed by atoms with Crippen LogP contribution in [0.2, 0.25) is 5.02 Å². The van der Waals surface area contributed by atoms with E-state index >= 15 is 0 Å². The van der Waals surface area contributed by atoms with Gasteiger partial charge in [-0.1, -0.05) is 34.9 Å². The van der Waals surface area contributed by atoms with Gasteiger partial charge in [0, 0.05) is 5.56 Å². The molecule has 0 bridgehead atoms. The highest BCUT2D eigenvalue weighted by Gasteiger charge is 2.19. The molecular weight excluding hydrogens is 316 g/mol. The highest BCUT2D eigenvalue weighted by Crippen LogP contribution is 2.40. The van der Waals surface area contributed by atoms with Crippen molar-refractivity contribution >= 4 is 17.9 Å². The van der Waals surface area contributed by atoms with Gasteiger partial charge < -0.3 is 15.3 Å². The van der Waals surface area contributed by atoms with Gasteiger partial charge in [-0.2, -0.15) is 0 Å². The molecule has 0 atom stereocenters. The second kappa shape index (κ2) is 8.75. The highest BCUT2D eigenvalue weighted by molar-refractivity contribution is 6.33. The van der Waals surface area contributed by atoms with E-state index in [2.05, 4.69) is 0 Å². The van der Waals surface area contributed by atoms with Gasteiger partial charge in [0.2, 0.25) is 0 Å². The Labute approximate surface area is 141 Å². The SMILES string of the molecule is CC(=CCCC(C)=CCc1c(O)c(Cl)c(C)c(C=O)c1O)CO. The van der Waals surface area contributed by atoms with Crippen molar-refractivity contribution in [3.8, 4) is 11.5 Å². The maximum absolute atomic E-state index is 11.1. The molecule has 0 unspecified atom stereocenters. The third-order valence-corrected chi connectivity index (χ3v) is 4.28. The Kier molecular flexibility index (Phi) is 7.33. The van der Waals surface area contributed by atoms with Crippen LogP contribution in [0.3, 0.4) is 0 Å². The van der Waals surface area contributed by atoms with Gasteiger partial charge in [-0.15, -0.1) is 0 Å². The van der Waals surface area contributed by atoms with Crippen LogP contribution in [0.1, 0.15) is 48.2 Å². The average molecular weight is 339 g/mol. The second-order valence-electron chi connectivity index (χ2n) is 5.65. The summed E-state index contributed by atoms with van der Waals surface area (Å²) in [6, 6.07) is 0. The van der Waals surface area contributed by atoms with Gasteiger partial charge >= 0.3 is 0 Å². The van der Waals surface area contributed by atoms with Gasteiger partial charge in [0.25, 0.3) is 0 Å². The van der Waals surface area contributed by atoms with E-state index in [0.717, 1.165) is 24.0 Å². The Hall–Kier alpha value is -1.78. The Morgan fingerprint density at radius 2 is 1.78 bits per heavy atom. The molecule has 0 fully saturated rings. The van der Waals surface area contributed by atoms with Crippen molar-refractivity contribution in [3.63, 3.8) is 0 Å². The molecule has 0 aliphatic heterocycles. The third kappa shape index (κ3) is 4.85. The van der Waals surface area contributed by atoms with Crippen LogP contribution in [0.25, 0.3) is 0 Å². The standard InChI is InChI=1S/C18H23ClO4/c1-11(5-4-6-12(2)9-20)7-8-14-17(22)15(10-21)13(3)16(19)18(14)23/h6-7,10,20,22-23H,4-5,8-9H2,1-3H3. The number of aldehydes is 1. The van der Waals surface area contributed by atoms with Crippen LogP contribution in [-0.4, -0.2) is 28.2 Å². The van der Waals surface area contributed by atoms with Crippen molar-refractivity contribution in [1.29, 1.82) is 0 Å². The first kappa shape index (κ1) is 19.3. The van der Waals surface area contributed by atoms with Gasteiger partial charge in [0.15, 0.2) is 6.29 Å². The zero-order valence-corrected chi connectivity index (χ0v) is 14.4. The Morgan fingerprint density at radius 3 is 2.35 bits per heavy atom. The van der Waals surface area contributed by atoms with Crippen LogP contribution in [0.15, 0.2) is 23.3 Å². The van der Waals surface area contributed by atoms with E-state index in [4.69, 9.17) is 16.7 Å². The minimum atomic E-state index is -0.223. The van der Waals surface area contributed by atoms with Crippen molar-refractivity contribution in [2.45, 2.75) is 40.0 Å². The highest BCUT2D eigenvalue weighted by atomic mass is 35.5. The lowest BCUT2D eigenvalue weighted by Gasteiger charge is -2.13. The van der Waals surface area contributed by atoms with Crippen LogP contribution < -0.4 is 0 Å². The number of carbonyl (C=O) groups excluding carboxylic acids is 1. The Bertz CT molecular complexity index is 645. The van der Waals surface area contributed by atoms with E-state index in [1.807, 2.05) is 26.0 Å². The fourth-order valence-electron chi connectivity index (χ4n) is 2.21. The summed E-state index contributed by atoms with van der Waals surface area (Å²) in [5.41, 5.74) is 2.73. The Morgan fingerprint density at radius 1 is 1.13 bits per heavy atom. The van der Waals surface area contributed by atoms with E-state index in [0.29, 0.717) is 11.8 Å². The number of hydrogen-bond donors (Lipinski definition) is 3. The van der Waals surface area contributed by atoms with Gasteiger partial charge in [0.05, 0.1) is 17.2 Å². The van der Waals surface area contributed by atoms with E-state index < -0.39 is 0 Å². The molecule has 0 radical (unpaired) electrons. The molecule has 1 aromatic carbocycles. The molecule has 0 saturated carbocycles. The molecule has 0 heterocycles. The quantitative estimate of drug-likeness (QED) is 0.517. The number of phenolic OH excluding ortho intramolecular Hbond substituents is 2. The molecule has 0 aliphatic carbocycles. The van der Waals surface area contributed by atoms with E-state index in [1.165, 1.54) is 0 Å². The molecule has 4 nitrogen and oxygen atoms in total. The fourth-order valence-corrected chi connectivity index (χ4v) is 2.42.